The fourth-order valence-electron chi connectivity index (χ4n) is 2.96. The predicted molar refractivity (Wildman–Crippen MR) is 92.3 cm³/mol. The second-order valence-electron chi connectivity index (χ2n) is 6.45. The Morgan fingerprint density at radius 3 is 2.92 bits per heavy atom. The monoisotopic (exact) mass is 327 g/mol. The molecule has 2 heterocycles. The van der Waals surface area contributed by atoms with Crippen LogP contribution in [0.2, 0.25) is 0 Å². The highest BCUT2D eigenvalue weighted by Crippen LogP contribution is 2.22. The van der Waals surface area contributed by atoms with E-state index in [9.17, 15) is 9.59 Å². The van der Waals surface area contributed by atoms with Crippen LogP contribution >= 0.6 is 0 Å². The first kappa shape index (κ1) is 16.0. The van der Waals surface area contributed by atoms with Gasteiger partial charge in [0, 0.05) is 16.8 Å². The Morgan fingerprint density at radius 2 is 2.17 bits per heavy atom. The lowest BCUT2D eigenvalue weighted by atomic mass is 9.93. The maximum absolute atomic E-state index is 12.8. The Labute approximate surface area is 139 Å². The van der Waals surface area contributed by atoms with Crippen molar-refractivity contribution in [3.8, 4) is 0 Å². The van der Waals surface area contributed by atoms with E-state index < -0.39 is 0 Å². The van der Waals surface area contributed by atoms with Gasteiger partial charge in [0.05, 0.1) is 23.3 Å². The van der Waals surface area contributed by atoms with Crippen LogP contribution in [0.5, 0.6) is 0 Å². The topological polar surface area (TPSA) is 98.9 Å². The SMILES string of the molecule is CC1=C(C(=O)Nc2ccc3[nH]ncc3c2)C(CC(C)C)NC(=O)N1. The van der Waals surface area contributed by atoms with E-state index in [-0.39, 0.29) is 18.0 Å². The summed E-state index contributed by atoms with van der Waals surface area (Å²) in [4.78, 5) is 24.5. The summed E-state index contributed by atoms with van der Waals surface area (Å²) in [6.45, 7) is 5.87. The number of hydrogen-bond donors (Lipinski definition) is 4. The second-order valence-corrected chi connectivity index (χ2v) is 6.45. The standard InChI is InChI=1S/C17H21N5O2/c1-9(2)6-14-15(10(3)19-17(24)21-14)16(23)20-12-4-5-13-11(7-12)8-18-22-13/h4-5,7-9,14H,6H2,1-3H3,(H,18,22)(H,20,23)(H2,19,21,24). The van der Waals surface area contributed by atoms with Crippen LogP contribution in [0.25, 0.3) is 10.9 Å². The molecular weight excluding hydrogens is 306 g/mol. The lowest BCUT2D eigenvalue weighted by molar-refractivity contribution is -0.113. The van der Waals surface area contributed by atoms with Crippen molar-refractivity contribution in [1.29, 1.82) is 0 Å². The number of H-pyrrole nitrogens is 1. The molecule has 3 rings (SSSR count). The maximum Gasteiger partial charge on any atom is 0.319 e. The van der Waals surface area contributed by atoms with E-state index in [2.05, 4.69) is 40.0 Å². The number of anilines is 1. The van der Waals surface area contributed by atoms with E-state index in [1.54, 1.807) is 13.1 Å². The van der Waals surface area contributed by atoms with Crippen LogP contribution in [0.3, 0.4) is 0 Å². The number of rotatable bonds is 4. The number of aromatic amines is 1. The second kappa shape index (κ2) is 6.35. The third-order valence-corrected chi connectivity index (χ3v) is 4.01. The van der Waals surface area contributed by atoms with Gasteiger partial charge in [-0.2, -0.15) is 5.10 Å². The molecule has 1 aromatic carbocycles. The van der Waals surface area contributed by atoms with Gasteiger partial charge in [0.15, 0.2) is 0 Å². The molecular formula is C17H21N5O2. The van der Waals surface area contributed by atoms with Gasteiger partial charge in [-0.05, 0) is 37.5 Å². The number of nitrogens with one attached hydrogen (secondary N) is 4. The quantitative estimate of drug-likeness (QED) is 0.694. The normalized spacial score (nSPS) is 17.8. The molecule has 0 saturated carbocycles. The molecule has 0 radical (unpaired) electrons. The van der Waals surface area contributed by atoms with E-state index in [1.165, 1.54) is 0 Å². The molecule has 24 heavy (non-hydrogen) atoms. The highest BCUT2D eigenvalue weighted by atomic mass is 16.2. The Bertz CT molecular complexity index is 821. The number of amides is 3. The van der Waals surface area contributed by atoms with Gasteiger partial charge in [0.2, 0.25) is 0 Å². The molecule has 1 aromatic heterocycles. The summed E-state index contributed by atoms with van der Waals surface area (Å²) < 4.78 is 0. The van der Waals surface area contributed by atoms with Crippen molar-refractivity contribution < 1.29 is 9.59 Å². The fraction of sp³-hybridized carbons (Fsp3) is 0.353. The van der Waals surface area contributed by atoms with Crippen LogP contribution in [0.4, 0.5) is 10.5 Å². The molecule has 0 bridgehead atoms. The van der Waals surface area contributed by atoms with Crippen LogP contribution < -0.4 is 16.0 Å². The lowest BCUT2D eigenvalue weighted by Crippen LogP contribution is -2.50. The summed E-state index contributed by atoms with van der Waals surface area (Å²) in [5.41, 5.74) is 2.75. The predicted octanol–water partition coefficient (Wildman–Crippen LogP) is 2.50. The first-order valence-corrected chi connectivity index (χ1v) is 7.97. The average Bonchev–Trinajstić information content (AvgIpc) is 2.93. The first-order chi connectivity index (χ1) is 11.4. The van der Waals surface area contributed by atoms with Crippen LogP contribution in [-0.4, -0.2) is 28.2 Å². The number of benzene rings is 1. The maximum atomic E-state index is 12.8. The fourth-order valence-corrected chi connectivity index (χ4v) is 2.96. The van der Waals surface area contributed by atoms with E-state index in [1.807, 2.05) is 18.2 Å². The van der Waals surface area contributed by atoms with Gasteiger partial charge in [-0.3, -0.25) is 9.89 Å². The zero-order valence-electron chi connectivity index (χ0n) is 13.9. The molecule has 1 aliphatic heterocycles. The zero-order valence-corrected chi connectivity index (χ0v) is 13.9. The summed E-state index contributed by atoms with van der Waals surface area (Å²) in [7, 11) is 0. The van der Waals surface area contributed by atoms with Crippen molar-refractivity contribution in [2.75, 3.05) is 5.32 Å². The minimum atomic E-state index is -0.295. The summed E-state index contributed by atoms with van der Waals surface area (Å²) in [6, 6.07) is 4.98. The van der Waals surface area contributed by atoms with E-state index in [4.69, 9.17) is 0 Å². The largest absolute Gasteiger partial charge is 0.331 e. The number of aromatic nitrogens is 2. The third kappa shape index (κ3) is 3.24. The minimum absolute atomic E-state index is 0.214. The van der Waals surface area contributed by atoms with E-state index in [0.29, 0.717) is 29.3 Å². The van der Waals surface area contributed by atoms with Crippen molar-refractivity contribution >= 4 is 28.5 Å². The number of carbonyl (C=O) groups is 2. The zero-order chi connectivity index (χ0) is 17.3. The number of fused-ring (bicyclic) bond motifs is 1. The highest BCUT2D eigenvalue weighted by molar-refractivity contribution is 6.07. The highest BCUT2D eigenvalue weighted by Gasteiger charge is 2.30. The molecule has 2 aromatic rings. The lowest BCUT2D eigenvalue weighted by Gasteiger charge is -2.29. The van der Waals surface area contributed by atoms with Crippen LogP contribution in [0, 0.1) is 5.92 Å². The summed E-state index contributed by atoms with van der Waals surface area (Å²) >= 11 is 0. The molecule has 7 nitrogen and oxygen atoms in total. The third-order valence-electron chi connectivity index (χ3n) is 4.01. The number of urea groups is 1. The van der Waals surface area contributed by atoms with Crippen molar-refractivity contribution in [1.82, 2.24) is 20.8 Å². The number of nitrogens with zero attached hydrogens (tertiary/aromatic N) is 1. The number of hydrogen-bond acceptors (Lipinski definition) is 3. The molecule has 3 amide bonds. The minimum Gasteiger partial charge on any atom is -0.331 e. The molecule has 4 N–H and O–H groups in total. The molecule has 0 aliphatic carbocycles. The van der Waals surface area contributed by atoms with Crippen LogP contribution in [0.1, 0.15) is 27.2 Å². The molecule has 1 unspecified atom stereocenters. The molecule has 0 saturated heterocycles. The van der Waals surface area contributed by atoms with Gasteiger partial charge in [-0.15, -0.1) is 0 Å². The Hall–Kier alpha value is -2.83. The Balaban J connectivity index is 1.85. The van der Waals surface area contributed by atoms with Crippen molar-refractivity contribution in [3.63, 3.8) is 0 Å². The molecule has 0 fully saturated rings. The van der Waals surface area contributed by atoms with Gasteiger partial charge in [-0.1, -0.05) is 13.8 Å². The van der Waals surface area contributed by atoms with Crippen molar-refractivity contribution in [2.45, 2.75) is 33.2 Å². The van der Waals surface area contributed by atoms with Crippen LogP contribution in [0.15, 0.2) is 35.7 Å². The van der Waals surface area contributed by atoms with Gasteiger partial charge in [0.1, 0.15) is 0 Å². The molecule has 1 atom stereocenters. The molecule has 0 spiro atoms. The number of allylic oxidation sites excluding steroid dienone is 1. The van der Waals surface area contributed by atoms with E-state index in [0.717, 1.165) is 10.9 Å². The van der Waals surface area contributed by atoms with Crippen molar-refractivity contribution in [2.24, 2.45) is 5.92 Å². The summed E-state index contributed by atoms with van der Waals surface area (Å²) in [5.74, 6) is 0.139. The van der Waals surface area contributed by atoms with Gasteiger partial charge in [-0.25, -0.2) is 4.79 Å². The van der Waals surface area contributed by atoms with E-state index >= 15 is 0 Å². The molecule has 126 valence electrons. The smallest absolute Gasteiger partial charge is 0.319 e. The van der Waals surface area contributed by atoms with Crippen LogP contribution in [-0.2, 0) is 4.79 Å². The average molecular weight is 327 g/mol. The van der Waals surface area contributed by atoms with Crippen molar-refractivity contribution in [3.05, 3.63) is 35.7 Å². The molecule has 1 aliphatic rings. The Kier molecular flexibility index (Phi) is 4.24. The summed E-state index contributed by atoms with van der Waals surface area (Å²) in [6.07, 6.45) is 2.41. The first-order valence-electron chi connectivity index (χ1n) is 7.97. The molecule has 7 heteroatoms. The number of carbonyl (C=O) groups excluding carboxylic acids is 2. The van der Waals surface area contributed by atoms with Gasteiger partial charge in [0.25, 0.3) is 5.91 Å². The summed E-state index contributed by atoms with van der Waals surface area (Å²) in [5, 5.41) is 16.2. The Morgan fingerprint density at radius 1 is 1.38 bits per heavy atom. The van der Waals surface area contributed by atoms with Gasteiger partial charge >= 0.3 is 6.03 Å². The van der Waals surface area contributed by atoms with Gasteiger partial charge < -0.3 is 16.0 Å².